The molecular formula is C27H45F. The Bertz CT molecular complexity index is 528. The van der Waals surface area contributed by atoms with E-state index in [0.717, 1.165) is 47.8 Å². The summed E-state index contributed by atoms with van der Waals surface area (Å²) < 4.78 is 14.7. The fourth-order valence-electron chi connectivity index (χ4n) is 8.33. The van der Waals surface area contributed by atoms with Gasteiger partial charge in [-0.05, 0) is 112 Å². The average molecular weight is 389 g/mol. The maximum absolute atomic E-state index is 14.7. The fraction of sp³-hybridized carbons (Fsp3) is 0.926. The molecule has 0 heterocycles. The van der Waals surface area contributed by atoms with Crippen molar-refractivity contribution in [2.24, 2.45) is 46.8 Å². The van der Waals surface area contributed by atoms with E-state index in [1.54, 1.807) is 0 Å². The largest absolute Gasteiger partial charge is 0.247 e. The minimum atomic E-state index is -0.651. The molecule has 4 aliphatic rings. The van der Waals surface area contributed by atoms with Gasteiger partial charge >= 0.3 is 0 Å². The number of hydrogen-bond donors (Lipinski definition) is 0. The minimum absolute atomic E-state index is 0.0681. The topological polar surface area (TPSA) is 0 Å². The van der Waals surface area contributed by atoms with E-state index < -0.39 is 6.17 Å². The molecule has 0 nitrogen and oxygen atoms in total. The van der Waals surface area contributed by atoms with Gasteiger partial charge in [0.05, 0.1) is 0 Å². The summed E-state index contributed by atoms with van der Waals surface area (Å²) >= 11 is 0. The van der Waals surface area contributed by atoms with E-state index in [1.165, 1.54) is 77.0 Å². The highest BCUT2D eigenvalue weighted by Gasteiger charge is 2.51. The lowest BCUT2D eigenvalue weighted by atomic mass is 9.51. The van der Waals surface area contributed by atoms with Gasteiger partial charge in [-0.15, -0.1) is 0 Å². The summed E-state index contributed by atoms with van der Waals surface area (Å²) in [6.07, 6.45) is 22.1. The van der Waals surface area contributed by atoms with Gasteiger partial charge in [-0.25, -0.2) is 4.39 Å². The van der Waals surface area contributed by atoms with E-state index in [0.29, 0.717) is 0 Å². The molecule has 28 heavy (non-hydrogen) atoms. The Morgan fingerprint density at radius 3 is 2.25 bits per heavy atom. The molecular weight excluding hydrogens is 343 g/mol. The third-order valence-corrected chi connectivity index (χ3v) is 9.98. The molecule has 0 bridgehead atoms. The van der Waals surface area contributed by atoms with Crippen LogP contribution in [0.3, 0.4) is 0 Å². The Hall–Kier alpha value is -0.330. The molecule has 0 aliphatic heterocycles. The molecule has 7 atom stereocenters. The minimum Gasteiger partial charge on any atom is -0.247 e. The van der Waals surface area contributed by atoms with E-state index in [4.69, 9.17) is 0 Å². The normalized spacial score (nSPS) is 48.5. The first kappa shape index (κ1) is 20.9. The Kier molecular flexibility index (Phi) is 6.58. The maximum Gasteiger partial charge on any atom is 0.103 e. The van der Waals surface area contributed by atoms with Crippen molar-refractivity contribution in [3.63, 3.8) is 0 Å². The molecule has 7 unspecified atom stereocenters. The van der Waals surface area contributed by atoms with E-state index >= 15 is 0 Å². The summed E-state index contributed by atoms with van der Waals surface area (Å²) in [5, 5.41) is 0. The molecule has 0 spiro atoms. The first-order valence-corrected chi connectivity index (χ1v) is 12.8. The van der Waals surface area contributed by atoms with Crippen LogP contribution >= 0.6 is 0 Å². The summed E-state index contributed by atoms with van der Waals surface area (Å²) in [6.45, 7) is 6.31. The monoisotopic (exact) mass is 388 g/mol. The highest BCUT2D eigenvalue weighted by molar-refractivity contribution is 5.01. The van der Waals surface area contributed by atoms with Crippen LogP contribution in [0.25, 0.3) is 0 Å². The number of rotatable bonds is 3. The summed E-state index contributed by atoms with van der Waals surface area (Å²) in [4.78, 5) is 0. The smallest absolute Gasteiger partial charge is 0.103 e. The lowest BCUT2D eigenvalue weighted by Crippen LogP contribution is -2.47. The second-order valence-corrected chi connectivity index (χ2v) is 11.5. The molecule has 4 aliphatic carbocycles. The van der Waals surface area contributed by atoms with Crippen molar-refractivity contribution in [2.45, 2.75) is 110 Å². The predicted molar refractivity (Wildman–Crippen MR) is 118 cm³/mol. The summed E-state index contributed by atoms with van der Waals surface area (Å²) in [7, 11) is 0. The van der Waals surface area contributed by atoms with Crippen LogP contribution in [0, 0.1) is 46.8 Å². The second kappa shape index (κ2) is 8.81. The van der Waals surface area contributed by atoms with Crippen molar-refractivity contribution in [1.29, 1.82) is 0 Å². The van der Waals surface area contributed by atoms with Gasteiger partial charge in [0.2, 0.25) is 0 Å². The summed E-state index contributed by atoms with van der Waals surface area (Å²) in [5.74, 6) is 6.35. The molecule has 1 heteroatoms. The van der Waals surface area contributed by atoms with Crippen molar-refractivity contribution in [2.75, 3.05) is 0 Å². The van der Waals surface area contributed by atoms with Crippen LogP contribution in [0.1, 0.15) is 104 Å². The van der Waals surface area contributed by atoms with Gasteiger partial charge in [0.25, 0.3) is 0 Å². The van der Waals surface area contributed by atoms with Crippen molar-refractivity contribution in [3.8, 4) is 0 Å². The van der Waals surface area contributed by atoms with Crippen molar-refractivity contribution in [3.05, 3.63) is 12.2 Å². The van der Waals surface area contributed by atoms with Crippen LogP contribution in [0.5, 0.6) is 0 Å². The summed E-state index contributed by atoms with van der Waals surface area (Å²) in [6, 6.07) is 0. The van der Waals surface area contributed by atoms with Crippen molar-refractivity contribution in [1.82, 2.24) is 0 Å². The van der Waals surface area contributed by atoms with Crippen LogP contribution in [0.15, 0.2) is 12.2 Å². The standard InChI is InChI=1S/C27H45F/c1-4-8-20-12-14-21(15-13-20)26-24-11-6-5-9-22(24)17-23-10-7-16-27(3,19(2)28)18-25(23)26/h4,8,19-26H,5-7,9-18H2,1-3H3. The Labute approximate surface area is 174 Å². The third-order valence-electron chi connectivity index (χ3n) is 9.98. The molecule has 0 amide bonds. The molecule has 4 fully saturated rings. The van der Waals surface area contributed by atoms with E-state index in [-0.39, 0.29) is 5.41 Å². The lowest BCUT2D eigenvalue weighted by Gasteiger charge is -2.54. The van der Waals surface area contributed by atoms with Crippen molar-refractivity contribution >= 4 is 0 Å². The van der Waals surface area contributed by atoms with Crippen LogP contribution < -0.4 is 0 Å². The quantitative estimate of drug-likeness (QED) is 0.426. The Balaban J connectivity index is 1.59. The Morgan fingerprint density at radius 2 is 1.54 bits per heavy atom. The zero-order chi connectivity index (χ0) is 19.7. The van der Waals surface area contributed by atoms with E-state index in [2.05, 4.69) is 26.0 Å². The first-order chi connectivity index (χ1) is 13.5. The van der Waals surface area contributed by atoms with Crippen LogP contribution in [-0.2, 0) is 0 Å². The molecule has 4 rings (SSSR count). The molecule has 0 aromatic rings. The van der Waals surface area contributed by atoms with Gasteiger partial charge in [-0.1, -0.05) is 51.2 Å². The van der Waals surface area contributed by atoms with Gasteiger partial charge in [0, 0.05) is 0 Å². The van der Waals surface area contributed by atoms with E-state index in [1.807, 2.05) is 6.92 Å². The number of halogens is 1. The average Bonchev–Trinajstić information content (AvgIpc) is 2.86. The number of allylic oxidation sites excluding steroid dienone is 2. The fourth-order valence-corrected chi connectivity index (χ4v) is 8.33. The van der Waals surface area contributed by atoms with Gasteiger partial charge in [0.1, 0.15) is 6.17 Å². The SMILES string of the molecule is CC=CC1CCC(C2C3CCCCC3CC3CCCC(C)(C(C)F)CC32)CC1. The highest BCUT2D eigenvalue weighted by atomic mass is 19.1. The number of hydrogen-bond acceptors (Lipinski definition) is 0. The highest BCUT2D eigenvalue weighted by Crippen LogP contribution is 2.59. The van der Waals surface area contributed by atoms with Crippen LogP contribution in [0.2, 0.25) is 0 Å². The first-order valence-electron chi connectivity index (χ1n) is 12.8. The Morgan fingerprint density at radius 1 is 0.857 bits per heavy atom. The molecule has 160 valence electrons. The zero-order valence-corrected chi connectivity index (χ0v) is 18.8. The molecule has 0 saturated heterocycles. The van der Waals surface area contributed by atoms with Crippen LogP contribution in [0.4, 0.5) is 4.39 Å². The number of fused-ring (bicyclic) bond motifs is 2. The third kappa shape index (κ3) is 4.11. The molecule has 0 radical (unpaired) electrons. The zero-order valence-electron chi connectivity index (χ0n) is 18.8. The molecule has 0 aromatic heterocycles. The summed E-state index contributed by atoms with van der Waals surface area (Å²) in [5.41, 5.74) is -0.0681. The lowest BCUT2D eigenvalue weighted by molar-refractivity contribution is -0.0523. The van der Waals surface area contributed by atoms with Gasteiger partial charge in [-0.2, -0.15) is 0 Å². The number of alkyl halides is 1. The van der Waals surface area contributed by atoms with E-state index in [9.17, 15) is 4.39 Å². The molecule has 0 aromatic carbocycles. The van der Waals surface area contributed by atoms with Gasteiger partial charge in [-0.3, -0.25) is 0 Å². The predicted octanol–water partition coefficient (Wildman–Crippen LogP) is 8.37. The van der Waals surface area contributed by atoms with Gasteiger partial charge < -0.3 is 0 Å². The molecule has 0 N–H and O–H groups in total. The van der Waals surface area contributed by atoms with Crippen molar-refractivity contribution < 1.29 is 4.39 Å². The molecule has 4 saturated carbocycles. The second-order valence-electron chi connectivity index (χ2n) is 11.5. The maximum atomic E-state index is 14.7. The van der Waals surface area contributed by atoms with Gasteiger partial charge in [0.15, 0.2) is 0 Å². The van der Waals surface area contributed by atoms with Crippen LogP contribution in [-0.4, -0.2) is 6.17 Å².